The van der Waals surface area contributed by atoms with Gasteiger partial charge in [-0.3, -0.25) is 0 Å². The molecule has 3 rings (SSSR count). The van der Waals surface area contributed by atoms with Gasteiger partial charge in [-0.05, 0) is 25.0 Å². The van der Waals surface area contributed by atoms with Crippen LogP contribution in [-0.2, 0) is 0 Å². The van der Waals surface area contributed by atoms with E-state index in [0.29, 0.717) is 22.0 Å². The van der Waals surface area contributed by atoms with Crippen molar-refractivity contribution in [1.29, 1.82) is 0 Å². The minimum Gasteiger partial charge on any atom is -0.389 e. The first-order valence-corrected chi connectivity index (χ1v) is 7.86. The van der Waals surface area contributed by atoms with Crippen molar-refractivity contribution < 1.29 is 10.4 Å². The van der Waals surface area contributed by atoms with Crippen LogP contribution in [0.25, 0.3) is 0 Å². The molecule has 104 valence electrons. The maximum absolute atomic E-state index is 10.9. The minimum absolute atomic E-state index is 0.314. The number of quaternary nitrogens is 1. The molecule has 1 aliphatic heterocycles. The molecule has 0 radical (unpaired) electrons. The van der Waals surface area contributed by atoms with Crippen molar-refractivity contribution in [1.82, 2.24) is 0 Å². The van der Waals surface area contributed by atoms with Gasteiger partial charge in [-0.25, -0.2) is 0 Å². The van der Waals surface area contributed by atoms with Gasteiger partial charge in [0.1, 0.15) is 6.04 Å². The monoisotopic (exact) mass is 300 g/mol. The Bertz CT molecular complexity index is 475. The Hall–Kier alpha value is -0.280. The maximum atomic E-state index is 10.9. The van der Waals surface area contributed by atoms with Crippen molar-refractivity contribution in [2.75, 3.05) is 6.54 Å². The quantitative estimate of drug-likeness (QED) is 0.822. The van der Waals surface area contributed by atoms with E-state index in [1.54, 1.807) is 0 Å². The summed E-state index contributed by atoms with van der Waals surface area (Å²) in [5, 5.41) is 14.4. The first kappa shape index (κ1) is 13.7. The first-order valence-electron chi connectivity index (χ1n) is 7.11. The molecule has 2 nitrogen and oxygen atoms in total. The Morgan fingerprint density at radius 3 is 2.79 bits per heavy atom. The zero-order chi connectivity index (χ0) is 13.5. The zero-order valence-corrected chi connectivity index (χ0v) is 12.4. The average molecular weight is 301 g/mol. The lowest BCUT2D eigenvalue weighted by Crippen LogP contribution is -2.91. The highest BCUT2D eigenvalue weighted by molar-refractivity contribution is 6.42. The zero-order valence-electron chi connectivity index (χ0n) is 10.9. The van der Waals surface area contributed by atoms with Gasteiger partial charge in [0.25, 0.3) is 0 Å². The predicted molar refractivity (Wildman–Crippen MR) is 77.5 cm³/mol. The molecular formula is C15H20Cl2NO+. The number of rotatable bonds is 1. The van der Waals surface area contributed by atoms with Crippen molar-refractivity contribution in [3.63, 3.8) is 0 Å². The van der Waals surface area contributed by atoms with Crippen LogP contribution in [0, 0.1) is 5.92 Å². The summed E-state index contributed by atoms with van der Waals surface area (Å²) in [6, 6.07) is 6.19. The summed E-state index contributed by atoms with van der Waals surface area (Å²) < 4.78 is 0. The van der Waals surface area contributed by atoms with Crippen LogP contribution in [0.3, 0.4) is 0 Å². The van der Waals surface area contributed by atoms with Crippen LogP contribution in [0.15, 0.2) is 18.2 Å². The van der Waals surface area contributed by atoms with Gasteiger partial charge >= 0.3 is 0 Å². The fourth-order valence-corrected chi connectivity index (χ4v) is 4.15. The molecule has 1 aliphatic carbocycles. The largest absolute Gasteiger partial charge is 0.389 e. The molecule has 1 aromatic rings. The molecule has 0 bridgehead atoms. The smallest absolute Gasteiger partial charge is 0.117 e. The van der Waals surface area contributed by atoms with Gasteiger partial charge < -0.3 is 10.4 Å². The lowest BCUT2D eigenvalue weighted by atomic mass is 9.67. The van der Waals surface area contributed by atoms with E-state index in [1.165, 1.54) is 12.0 Å². The highest BCUT2D eigenvalue weighted by Gasteiger charge is 2.48. The summed E-state index contributed by atoms with van der Waals surface area (Å²) >= 11 is 12.1. The topological polar surface area (TPSA) is 36.8 Å². The van der Waals surface area contributed by atoms with Crippen LogP contribution < -0.4 is 5.32 Å². The van der Waals surface area contributed by atoms with E-state index < -0.39 is 5.60 Å². The number of fused-ring (bicyclic) bond motifs is 1. The molecule has 0 unspecified atom stereocenters. The molecule has 0 aromatic heterocycles. The number of halogens is 2. The van der Waals surface area contributed by atoms with Crippen LogP contribution in [0.2, 0.25) is 10.0 Å². The standard InChI is InChI=1S/C15H19Cl2NO/c16-12-5-4-10(9-13(12)17)14-11-3-1-2-6-15(11,19)7-8-18-14/h4-5,9,11,14,18-19H,1-3,6-8H2/p+1/t11-,14-,15+/m1/s1. The van der Waals surface area contributed by atoms with E-state index in [1.807, 2.05) is 12.1 Å². The molecule has 1 saturated carbocycles. The lowest BCUT2D eigenvalue weighted by Gasteiger charge is -2.46. The normalized spacial score (nSPS) is 34.9. The molecule has 4 heteroatoms. The summed E-state index contributed by atoms with van der Waals surface area (Å²) in [6.07, 6.45) is 5.34. The van der Waals surface area contributed by atoms with E-state index >= 15 is 0 Å². The second-order valence-corrected chi connectivity index (χ2v) is 6.74. The van der Waals surface area contributed by atoms with Crippen molar-refractivity contribution in [2.45, 2.75) is 43.7 Å². The Balaban J connectivity index is 1.92. The fourth-order valence-electron chi connectivity index (χ4n) is 3.84. The van der Waals surface area contributed by atoms with E-state index in [9.17, 15) is 5.11 Å². The molecular weight excluding hydrogens is 281 g/mol. The van der Waals surface area contributed by atoms with Crippen molar-refractivity contribution >= 4 is 23.2 Å². The molecule has 1 heterocycles. The van der Waals surface area contributed by atoms with Crippen LogP contribution >= 0.6 is 23.2 Å². The first-order chi connectivity index (χ1) is 9.10. The van der Waals surface area contributed by atoms with Crippen LogP contribution in [0.1, 0.15) is 43.7 Å². The molecule has 2 aliphatic rings. The average Bonchev–Trinajstić information content (AvgIpc) is 2.40. The second kappa shape index (κ2) is 5.25. The molecule has 1 saturated heterocycles. The third kappa shape index (κ3) is 2.52. The molecule has 1 aromatic carbocycles. The third-order valence-corrected chi connectivity index (χ3v) is 5.56. The van der Waals surface area contributed by atoms with Gasteiger partial charge in [-0.15, -0.1) is 0 Å². The Kier molecular flexibility index (Phi) is 3.78. The van der Waals surface area contributed by atoms with Crippen LogP contribution in [0.5, 0.6) is 0 Å². The predicted octanol–water partition coefficient (Wildman–Crippen LogP) is 2.92. The van der Waals surface area contributed by atoms with Gasteiger partial charge in [-0.2, -0.15) is 0 Å². The van der Waals surface area contributed by atoms with Gasteiger partial charge in [0.2, 0.25) is 0 Å². The fraction of sp³-hybridized carbons (Fsp3) is 0.600. The molecule has 3 N–H and O–H groups in total. The number of nitrogens with two attached hydrogens (primary N) is 1. The molecule has 2 fully saturated rings. The summed E-state index contributed by atoms with van der Waals surface area (Å²) in [7, 11) is 0. The summed E-state index contributed by atoms with van der Waals surface area (Å²) in [4.78, 5) is 0. The van der Waals surface area contributed by atoms with Gasteiger partial charge in [0.15, 0.2) is 0 Å². The summed E-state index contributed by atoms with van der Waals surface area (Å²) in [6.45, 7) is 0.984. The third-order valence-electron chi connectivity index (χ3n) is 4.82. The van der Waals surface area contributed by atoms with E-state index in [4.69, 9.17) is 23.2 Å². The van der Waals surface area contributed by atoms with Gasteiger partial charge in [0.05, 0.1) is 22.2 Å². The van der Waals surface area contributed by atoms with Crippen LogP contribution in [0.4, 0.5) is 0 Å². The Morgan fingerprint density at radius 2 is 2.00 bits per heavy atom. The van der Waals surface area contributed by atoms with Crippen molar-refractivity contribution in [3.8, 4) is 0 Å². The second-order valence-electron chi connectivity index (χ2n) is 5.93. The SMILES string of the molecule is O[C@]12CCCC[C@@H]1[C@@H](c1ccc(Cl)c(Cl)c1)[NH2+]CC2. The number of hydrogen-bond acceptors (Lipinski definition) is 1. The molecule has 0 amide bonds. The molecule has 19 heavy (non-hydrogen) atoms. The maximum Gasteiger partial charge on any atom is 0.117 e. The van der Waals surface area contributed by atoms with E-state index in [2.05, 4.69) is 11.4 Å². The summed E-state index contributed by atoms with van der Waals surface area (Å²) in [5.41, 5.74) is 0.725. The summed E-state index contributed by atoms with van der Waals surface area (Å²) in [5.74, 6) is 0.340. The van der Waals surface area contributed by atoms with Gasteiger partial charge in [0, 0.05) is 17.9 Å². The Morgan fingerprint density at radius 1 is 1.16 bits per heavy atom. The Labute approximate surface area is 124 Å². The number of piperidine rings is 1. The highest BCUT2D eigenvalue weighted by atomic mass is 35.5. The minimum atomic E-state index is -0.468. The highest BCUT2D eigenvalue weighted by Crippen LogP contribution is 2.43. The van der Waals surface area contributed by atoms with Crippen LogP contribution in [-0.4, -0.2) is 17.3 Å². The van der Waals surface area contributed by atoms with Crippen molar-refractivity contribution in [3.05, 3.63) is 33.8 Å². The van der Waals surface area contributed by atoms with E-state index in [-0.39, 0.29) is 0 Å². The number of hydrogen-bond donors (Lipinski definition) is 2. The van der Waals surface area contributed by atoms with E-state index in [0.717, 1.165) is 32.2 Å². The molecule has 0 spiro atoms. The molecule has 3 atom stereocenters. The number of aliphatic hydroxyl groups is 1. The van der Waals surface area contributed by atoms with Crippen molar-refractivity contribution in [2.24, 2.45) is 5.92 Å². The lowest BCUT2D eigenvalue weighted by molar-refractivity contribution is -0.719. The van der Waals surface area contributed by atoms with Gasteiger partial charge in [-0.1, -0.05) is 42.1 Å². The number of benzene rings is 1.